The van der Waals surface area contributed by atoms with Crippen LogP contribution in [0.5, 0.6) is 11.5 Å². The monoisotopic (exact) mass is 343 g/mol. The lowest BCUT2D eigenvalue weighted by Crippen LogP contribution is -2.51. The smallest absolute Gasteiger partial charge is 0.225 e. The van der Waals surface area contributed by atoms with Crippen LogP contribution in [0.3, 0.4) is 0 Å². The molecule has 1 aliphatic rings. The highest BCUT2D eigenvalue weighted by Gasteiger charge is 2.39. The highest BCUT2D eigenvalue weighted by Crippen LogP contribution is 2.41. The molecule has 0 aliphatic heterocycles. The number of methoxy groups -OCH3 is 2. The first kappa shape index (κ1) is 17.3. The second-order valence-electron chi connectivity index (χ2n) is 6.36. The summed E-state index contributed by atoms with van der Waals surface area (Å²) in [6.45, 7) is 0. The van der Waals surface area contributed by atoms with Crippen molar-refractivity contribution >= 4 is 5.91 Å². The van der Waals surface area contributed by atoms with Gasteiger partial charge in [0.25, 0.3) is 0 Å². The molecule has 0 heterocycles. The number of halogens is 1. The van der Waals surface area contributed by atoms with Crippen molar-refractivity contribution in [2.45, 2.75) is 31.2 Å². The van der Waals surface area contributed by atoms with E-state index in [2.05, 4.69) is 5.32 Å². The van der Waals surface area contributed by atoms with Crippen LogP contribution >= 0.6 is 0 Å². The van der Waals surface area contributed by atoms with Gasteiger partial charge in [-0.15, -0.1) is 0 Å². The molecule has 0 atom stereocenters. The molecule has 4 nitrogen and oxygen atoms in total. The maximum absolute atomic E-state index is 13.2. The molecule has 3 rings (SSSR count). The summed E-state index contributed by atoms with van der Waals surface area (Å²) in [6.07, 6.45) is 3.05. The Morgan fingerprint density at radius 2 is 1.76 bits per heavy atom. The van der Waals surface area contributed by atoms with E-state index >= 15 is 0 Å². The van der Waals surface area contributed by atoms with Gasteiger partial charge in [0.2, 0.25) is 5.91 Å². The minimum atomic E-state index is -0.374. The Balaban J connectivity index is 1.72. The molecule has 1 aliphatic carbocycles. The van der Waals surface area contributed by atoms with Gasteiger partial charge in [0.15, 0.2) is 11.5 Å². The van der Waals surface area contributed by atoms with Crippen molar-refractivity contribution in [1.82, 2.24) is 5.32 Å². The molecule has 2 aromatic carbocycles. The Kier molecular flexibility index (Phi) is 4.93. The van der Waals surface area contributed by atoms with E-state index in [-0.39, 0.29) is 23.7 Å². The van der Waals surface area contributed by atoms with Gasteiger partial charge in [-0.3, -0.25) is 4.79 Å². The quantitative estimate of drug-likeness (QED) is 0.872. The van der Waals surface area contributed by atoms with E-state index in [0.29, 0.717) is 11.5 Å². The molecule has 1 N–H and O–H groups in total. The van der Waals surface area contributed by atoms with Crippen molar-refractivity contribution in [2.75, 3.05) is 14.2 Å². The van der Waals surface area contributed by atoms with E-state index in [1.807, 2.05) is 12.1 Å². The molecule has 0 aromatic heterocycles. The van der Waals surface area contributed by atoms with Crippen LogP contribution in [0.1, 0.15) is 30.4 Å². The first-order valence-corrected chi connectivity index (χ1v) is 8.34. The fourth-order valence-electron chi connectivity index (χ4n) is 3.27. The van der Waals surface area contributed by atoms with Gasteiger partial charge in [-0.25, -0.2) is 4.39 Å². The second kappa shape index (κ2) is 7.13. The van der Waals surface area contributed by atoms with E-state index < -0.39 is 0 Å². The largest absolute Gasteiger partial charge is 0.493 e. The van der Waals surface area contributed by atoms with Crippen LogP contribution < -0.4 is 14.8 Å². The van der Waals surface area contributed by atoms with Crippen LogP contribution in [0.4, 0.5) is 4.39 Å². The Hall–Kier alpha value is -2.56. The molecule has 0 radical (unpaired) electrons. The number of ether oxygens (including phenoxy) is 2. The third-order valence-electron chi connectivity index (χ3n) is 4.80. The normalized spacial score (nSPS) is 15.2. The lowest BCUT2D eigenvalue weighted by Gasteiger charge is -2.43. The van der Waals surface area contributed by atoms with Crippen molar-refractivity contribution in [1.29, 1.82) is 0 Å². The van der Waals surface area contributed by atoms with Gasteiger partial charge >= 0.3 is 0 Å². The Morgan fingerprint density at radius 3 is 2.32 bits per heavy atom. The van der Waals surface area contributed by atoms with Crippen LogP contribution in [0.2, 0.25) is 0 Å². The van der Waals surface area contributed by atoms with Crippen molar-refractivity contribution in [3.63, 3.8) is 0 Å². The molecule has 1 fully saturated rings. The summed E-state index contributed by atoms with van der Waals surface area (Å²) in [5.74, 6) is 0.907. The summed E-state index contributed by atoms with van der Waals surface area (Å²) in [6, 6.07) is 11.8. The fourth-order valence-corrected chi connectivity index (χ4v) is 3.27. The predicted molar refractivity (Wildman–Crippen MR) is 93.3 cm³/mol. The lowest BCUT2D eigenvalue weighted by atomic mass is 9.71. The minimum Gasteiger partial charge on any atom is -0.493 e. The van der Waals surface area contributed by atoms with Crippen LogP contribution in [-0.2, 0) is 16.8 Å². The zero-order chi connectivity index (χ0) is 17.9. The Labute approximate surface area is 147 Å². The number of hydrogen-bond acceptors (Lipinski definition) is 3. The second-order valence-corrected chi connectivity index (χ2v) is 6.36. The molecule has 5 heteroatoms. The van der Waals surface area contributed by atoms with Crippen molar-refractivity contribution in [2.24, 2.45) is 0 Å². The number of amides is 1. The van der Waals surface area contributed by atoms with E-state index in [1.165, 1.54) is 12.1 Å². The van der Waals surface area contributed by atoms with Crippen LogP contribution in [-0.4, -0.2) is 20.1 Å². The first-order valence-electron chi connectivity index (χ1n) is 8.34. The van der Waals surface area contributed by atoms with Gasteiger partial charge in [-0.05, 0) is 54.7 Å². The van der Waals surface area contributed by atoms with E-state index in [9.17, 15) is 9.18 Å². The number of benzene rings is 2. The molecule has 1 amide bonds. The van der Waals surface area contributed by atoms with Crippen LogP contribution in [0.25, 0.3) is 0 Å². The number of rotatable bonds is 6. The van der Waals surface area contributed by atoms with Crippen molar-refractivity contribution in [3.8, 4) is 11.5 Å². The number of hydrogen-bond donors (Lipinski definition) is 1. The summed E-state index contributed by atoms with van der Waals surface area (Å²) < 4.78 is 23.7. The summed E-state index contributed by atoms with van der Waals surface area (Å²) in [7, 11) is 3.15. The van der Waals surface area contributed by atoms with Gasteiger partial charge in [0.1, 0.15) is 5.82 Å². The number of nitrogens with one attached hydrogen (secondary N) is 1. The molecule has 25 heavy (non-hydrogen) atoms. The average molecular weight is 343 g/mol. The highest BCUT2D eigenvalue weighted by molar-refractivity contribution is 5.80. The van der Waals surface area contributed by atoms with E-state index in [0.717, 1.165) is 30.4 Å². The van der Waals surface area contributed by atoms with E-state index in [1.54, 1.807) is 32.4 Å². The zero-order valence-corrected chi connectivity index (χ0v) is 14.5. The van der Waals surface area contributed by atoms with Crippen LogP contribution in [0, 0.1) is 5.82 Å². The third kappa shape index (κ3) is 3.60. The fraction of sp³-hybridized carbons (Fsp3) is 0.350. The topological polar surface area (TPSA) is 47.6 Å². The Morgan fingerprint density at radius 1 is 1.08 bits per heavy atom. The molecular weight excluding hydrogens is 321 g/mol. The predicted octanol–water partition coefficient (Wildman–Crippen LogP) is 3.58. The molecule has 0 unspecified atom stereocenters. The van der Waals surface area contributed by atoms with Gasteiger partial charge < -0.3 is 14.8 Å². The Bertz CT molecular complexity index is 754. The standard InChI is InChI=1S/C20H22FNO3/c1-24-17-9-4-14(12-18(17)25-2)13-19(23)22-20(10-3-11-20)15-5-7-16(21)8-6-15/h4-9,12H,3,10-11,13H2,1-2H3,(H,22,23). The van der Waals surface area contributed by atoms with Gasteiger partial charge in [0.05, 0.1) is 26.2 Å². The van der Waals surface area contributed by atoms with Gasteiger partial charge in [0, 0.05) is 0 Å². The lowest BCUT2D eigenvalue weighted by molar-refractivity contribution is -0.123. The first-order chi connectivity index (χ1) is 12.1. The SMILES string of the molecule is COc1ccc(CC(=O)NC2(c3ccc(F)cc3)CCC2)cc1OC. The molecule has 2 aromatic rings. The third-order valence-corrected chi connectivity index (χ3v) is 4.80. The molecule has 0 saturated heterocycles. The molecule has 1 saturated carbocycles. The summed E-state index contributed by atoms with van der Waals surface area (Å²) in [4.78, 5) is 12.6. The summed E-state index contributed by atoms with van der Waals surface area (Å²) >= 11 is 0. The van der Waals surface area contributed by atoms with Crippen molar-refractivity contribution < 1.29 is 18.7 Å². The molecular formula is C20H22FNO3. The average Bonchev–Trinajstić information content (AvgIpc) is 2.59. The molecule has 132 valence electrons. The molecule has 0 bridgehead atoms. The summed E-state index contributed by atoms with van der Waals surface area (Å²) in [5.41, 5.74) is 1.44. The minimum absolute atomic E-state index is 0.0590. The molecule has 0 spiro atoms. The summed E-state index contributed by atoms with van der Waals surface area (Å²) in [5, 5.41) is 3.15. The zero-order valence-electron chi connectivity index (χ0n) is 14.5. The number of carbonyl (C=O) groups is 1. The van der Waals surface area contributed by atoms with Crippen LogP contribution in [0.15, 0.2) is 42.5 Å². The van der Waals surface area contributed by atoms with Crippen molar-refractivity contribution in [3.05, 3.63) is 59.4 Å². The number of carbonyl (C=O) groups excluding carboxylic acids is 1. The van der Waals surface area contributed by atoms with E-state index in [4.69, 9.17) is 9.47 Å². The maximum atomic E-state index is 13.2. The van der Waals surface area contributed by atoms with Gasteiger partial charge in [-0.1, -0.05) is 18.2 Å². The maximum Gasteiger partial charge on any atom is 0.225 e. The highest BCUT2D eigenvalue weighted by atomic mass is 19.1. The van der Waals surface area contributed by atoms with Gasteiger partial charge in [-0.2, -0.15) is 0 Å².